The van der Waals surface area contributed by atoms with E-state index in [0.717, 1.165) is 6.42 Å². The molecular formula is C21H30F3N5O2. The maximum Gasteiger partial charge on any atom is 0.416 e. The monoisotopic (exact) mass is 441 g/mol. The van der Waals surface area contributed by atoms with E-state index in [2.05, 4.69) is 15.6 Å². The molecule has 10 heteroatoms. The van der Waals surface area contributed by atoms with Gasteiger partial charge in [-0.2, -0.15) is 13.2 Å². The van der Waals surface area contributed by atoms with Gasteiger partial charge in [0.1, 0.15) is 0 Å². The quantitative estimate of drug-likeness (QED) is 0.542. The lowest BCUT2D eigenvalue weighted by Gasteiger charge is -2.30. The van der Waals surface area contributed by atoms with E-state index in [1.807, 2.05) is 11.8 Å². The van der Waals surface area contributed by atoms with Crippen molar-refractivity contribution >= 4 is 17.6 Å². The molecule has 0 saturated carbocycles. The van der Waals surface area contributed by atoms with E-state index in [1.165, 1.54) is 12.1 Å². The van der Waals surface area contributed by atoms with Crippen molar-refractivity contribution in [2.24, 2.45) is 4.99 Å². The first-order chi connectivity index (χ1) is 14.8. The zero-order chi connectivity index (χ0) is 22.4. The number of hydrogen-bond donors (Lipinski definition) is 2. The summed E-state index contributed by atoms with van der Waals surface area (Å²) in [5, 5.41) is 6.19. The average Bonchev–Trinajstić information content (AvgIpc) is 3.24. The van der Waals surface area contributed by atoms with E-state index < -0.39 is 11.7 Å². The van der Waals surface area contributed by atoms with Crippen LogP contribution in [0.2, 0.25) is 0 Å². The molecule has 31 heavy (non-hydrogen) atoms. The molecule has 2 aliphatic rings. The molecule has 1 amide bonds. The van der Waals surface area contributed by atoms with Gasteiger partial charge in [0.05, 0.1) is 18.8 Å². The van der Waals surface area contributed by atoms with Gasteiger partial charge < -0.3 is 25.2 Å². The number of rotatable bonds is 5. The summed E-state index contributed by atoms with van der Waals surface area (Å²) < 4.78 is 46.5. The van der Waals surface area contributed by atoms with Gasteiger partial charge in [-0.05, 0) is 24.1 Å². The number of nitrogens with one attached hydrogen (secondary N) is 2. The maximum atomic E-state index is 13.7. The predicted octanol–water partition coefficient (Wildman–Crippen LogP) is 2.22. The molecule has 1 atom stereocenters. The second kappa shape index (κ2) is 10.2. The minimum absolute atomic E-state index is 0.0117. The zero-order valence-corrected chi connectivity index (χ0v) is 18.0. The number of amides is 1. The second-order valence-corrected chi connectivity index (χ2v) is 7.69. The fourth-order valence-electron chi connectivity index (χ4n) is 3.90. The number of carbonyl (C=O) groups excluding carboxylic acids is 1. The number of morpholine rings is 1. The highest BCUT2D eigenvalue weighted by molar-refractivity contribution is 5.80. The highest BCUT2D eigenvalue weighted by Gasteiger charge is 2.34. The van der Waals surface area contributed by atoms with E-state index >= 15 is 0 Å². The first-order valence-electron chi connectivity index (χ1n) is 10.6. The summed E-state index contributed by atoms with van der Waals surface area (Å²) in [5.74, 6) is 0.517. The number of carbonyl (C=O) groups is 1. The van der Waals surface area contributed by atoms with Crippen molar-refractivity contribution in [2.75, 3.05) is 51.3 Å². The topological polar surface area (TPSA) is 69.2 Å². The van der Waals surface area contributed by atoms with Gasteiger partial charge in [-0.3, -0.25) is 9.79 Å². The Balaban J connectivity index is 1.64. The summed E-state index contributed by atoms with van der Waals surface area (Å²) in [6.07, 6.45) is -3.22. The molecule has 0 radical (unpaired) electrons. The number of halogens is 3. The number of anilines is 1. The zero-order valence-electron chi connectivity index (χ0n) is 18.0. The molecule has 1 unspecified atom stereocenters. The number of alkyl halides is 3. The van der Waals surface area contributed by atoms with Crippen LogP contribution in [0.5, 0.6) is 0 Å². The third-order valence-electron chi connectivity index (χ3n) is 5.63. The SMILES string of the molecule is CCC(=O)N1CCC(NC(=NC)NCc2ccc(N3CCOCC3)cc2C(F)(F)F)C1. The summed E-state index contributed by atoms with van der Waals surface area (Å²) in [4.78, 5) is 19.7. The number of aliphatic imine (C=N–C) groups is 1. The van der Waals surface area contributed by atoms with Crippen molar-refractivity contribution in [3.63, 3.8) is 0 Å². The Kier molecular flexibility index (Phi) is 7.64. The largest absolute Gasteiger partial charge is 0.416 e. The highest BCUT2D eigenvalue weighted by atomic mass is 19.4. The van der Waals surface area contributed by atoms with E-state index in [0.29, 0.717) is 57.5 Å². The molecule has 1 aromatic rings. The minimum atomic E-state index is -4.46. The van der Waals surface area contributed by atoms with Crippen molar-refractivity contribution in [1.82, 2.24) is 15.5 Å². The summed E-state index contributed by atoms with van der Waals surface area (Å²) >= 11 is 0. The van der Waals surface area contributed by atoms with Gasteiger partial charge in [0, 0.05) is 57.9 Å². The van der Waals surface area contributed by atoms with Crippen LogP contribution in [0.3, 0.4) is 0 Å². The number of benzene rings is 1. The lowest BCUT2D eigenvalue weighted by Crippen LogP contribution is -2.44. The molecule has 0 bridgehead atoms. The summed E-state index contributed by atoms with van der Waals surface area (Å²) in [7, 11) is 1.57. The van der Waals surface area contributed by atoms with Crippen LogP contribution >= 0.6 is 0 Å². The average molecular weight is 441 g/mol. The molecule has 7 nitrogen and oxygen atoms in total. The molecule has 0 aromatic heterocycles. The van der Waals surface area contributed by atoms with Crippen LogP contribution in [-0.4, -0.2) is 69.2 Å². The fourth-order valence-corrected chi connectivity index (χ4v) is 3.90. The summed E-state index contributed by atoms with van der Waals surface area (Å²) in [6, 6.07) is 4.47. The van der Waals surface area contributed by atoms with E-state index in [-0.39, 0.29) is 24.1 Å². The van der Waals surface area contributed by atoms with Crippen molar-refractivity contribution in [3.05, 3.63) is 29.3 Å². The molecule has 0 spiro atoms. The number of nitrogens with zero attached hydrogens (tertiary/aromatic N) is 3. The van der Waals surface area contributed by atoms with Crippen LogP contribution in [0.15, 0.2) is 23.2 Å². The normalized spacial score (nSPS) is 20.2. The predicted molar refractivity (Wildman–Crippen MR) is 113 cm³/mol. The smallest absolute Gasteiger partial charge is 0.378 e. The molecule has 1 aromatic carbocycles. The van der Waals surface area contributed by atoms with E-state index in [9.17, 15) is 18.0 Å². The second-order valence-electron chi connectivity index (χ2n) is 7.69. The van der Waals surface area contributed by atoms with Crippen LogP contribution in [0.4, 0.5) is 18.9 Å². The Morgan fingerprint density at radius 1 is 1.26 bits per heavy atom. The van der Waals surface area contributed by atoms with Gasteiger partial charge in [-0.15, -0.1) is 0 Å². The van der Waals surface area contributed by atoms with Gasteiger partial charge in [0.2, 0.25) is 5.91 Å². The van der Waals surface area contributed by atoms with Crippen LogP contribution < -0.4 is 15.5 Å². The Morgan fingerprint density at radius 3 is 2.65 bits per heavy atom. The van der Waals surface area contributed by atoms with Crippen molar-refractivity contribution in [3.8, 4) is 0 Å². The molecule has 2 N–H and O–H groups in total. The molecule has 2 heterocycles. The van der Waals surface area contributed by atoms with Crippen molar-refractivity contribution < 1.29 is 22.7 Å². The maximum absolute atomic E-state index is 13.7. The van der Waals surface area contributed by atoms with Gasteiger partial charge in [0.25, 0.3) is 0 Å². The fraction of sp³-hybridized carbons (Fsp3) is 0.619. The number of ether oxygens (including phenoxy) is 1. The van der Waals surface area contributed by atoms with Crippen molar-refractivity contribution in [2.45, 2.75) is 38.5 Å². The first-order valence-corrected chi connectivity index (χ1v) is 10.6. The summed E-state index contributed by atoms with van der Waals surface area (Å²) in [5.41, 5.74) is 0.0511. The van der Waals surface area contributed by atoms with Crippen molar-refractivity contribution in [1.29, 1.82) is 0 Å². The van der Waals surface area contributed by atoms with Crippen LogP contribution in [-0.2, 0) is 22.3 Å². The third-order valence-corrected chi connectivity index (χ3v) is 5.63. The van der Waals surface area contributed by atoms with Gasteiger partial charge >= 0.3 is 6.18 Å². The molecule has 3 rings (SSSR count). The molecular weight excluding hydrogens is 411 g/mol. The van der Waals surface area contributed by atoms with Gasteiger partial charge in [-0.25, -0.2) is 0 Å². The number of likely N-dealkylation sites (tertiary alicyclic amines) is 1. The van der Waals surface area contributed by atoms with Gasteiger partial charge in [-0.1, -0.05) is 13.0 Å². The molecule has 0 aliphatic carbocycles. The van der Waals surface area contributed by atoms with E-state index in [1.54, 1.807) is 18.0 Å². The van der Waals surface area contributed by atoms with Crippen LogP contribution in [0.25, 0.3) is 0 Å². The highest BCUT2D eigenvalue weighted by Crippen LogP contribution is 2.35. The molecule has 2 aliphatic heterocycles. The molecule has 2 fully saturated rings. The van der Waals surface area contributed by atoms with E-state index in [4.69, 9.17) is 4.74 Å². The Bertz CT molecular complexity index is 794. The Morgan fingerprint density at radius 2 is 2.00 bits per heavy atom. The van der Waals surface area contributed by atoms with Gasteiger partial charge in [0.15, 0.2) is 5.96 Å². The first kappa shape index (κ1) is 23.2. The summed E-state index contributed by atoms with van der Waals surface area (Å²) in [6.45, 7) is 5.21. The Hall–Kier alpha value is -2.49. The number of hydrogen-bond acceptors (Lipinski definition) is 4. The minimum Gasteiger partial charge on any atom is -0.378 e. The molecule has 2 saturated heterocycles. The van der Waals surface area contributed by atoms with Crippen LogP contribution in [0.1, 0.15) is 30.9 Å². The third kappa shape index (κ3) is 6.03. The standard InChI is InChI=1S/C21H30F3N5O2/c1-3-19(30)29-7-6-16(14-29)27-20(25-2)26-13-15-4-5-17(12-18(15)21(22,23)24)28-8-10-31-11-9-28/h4-5,12,16H,3,6-11,13-14H2,1-2H3,(H2,25,26,27). The van der Waals surface area contributed by atoms with Crippen LogP contribution in [0, 0.1) is 0 Å². The lowest BCUT2D eigenvalue weighted by atomic mass is 10.0. The number of guanidine groups is 1. The lowest BCUT2D eigenvalue weighted by molar-refractivity contribution is -0.138. The Labute approximate surface area is 180 Å². The molecule has 172 valence electrons.